The van der Waals surface area contributed by atoms with Crippen molar-refractivity contribution in [3.05, 3.63) is 76.7 Å². The second-order valence-electron chi connectivity index (χ2n) is 6.79. The second kappa shape index (κ2) is 8.11. The van der Waals surface area contributed by atoms with Gasteiger partial charge in [-0.25, -0.2) is 14.2 Å². The average molecular weight is 508 g/mol. The van der Waals surface area contributed by atoms with Gasteiger partial charge in [-0.05, 0) is 24.3 Å². The van der Waals surface area contributed by atoms with Gasteiger partial charge in [0.15, 0.2) is 11.5 Å². The van der Waals surface area contributed by atoms with Crippen molar-refractivity contribution in [1.82, 2.24) is 39.4 Å². The Labute approximate surface area is 197 Å². The first-order valence-electron chi connectivity index (χ1n) is 9.35. The number of aromatic nitrogens is 8. The summed E-state index contributed by atoms with van der Waals surface area (Å²) in [4.78, 5) is 18.0. The van der Waals surface area contributed by atoms with E-state index < -0.39 is 23.3 Å². The molecule has 0 aliphatic rings. The van der Waals surface area contributed by atoms with E-state index in [9.17, 15) is 18.0 Å². The molecule has 0 saturated heterocycles. The number of nitrogens with one attached hydrogen (secondary N) is 1. The Morgan fingerprint density at radius 2 is 1.74 bits per heavy atom. The summed E-state index contributed by atoms with van der Waals surface area (Å²) in [6.07, 6.45) is 1.36. The van der Waals surface area contributed by atoms with Crippen LogP contribution in [-0.2, 0) is 6.18 Å². The lowest BCUT2D eigenvalue weighted by atomic mass is 10.2. The smallest absolute Gasteiger partial charge is 0.320 e. The van der Waals surface area contributed by atoms with Gasteiger partial charge in [-0.2, -0.15) is 33.6 Å². The van der Waals surface area contributed by atoms with Crippen LogP contribution >= 0.6 is 23.2 Å². The highest BCUT2D eigenvalue weighted by Crippen LogP contribution is 2.35. The van der Waals surface area contributed by atoms with Gasteiger partial charge in [-0.1, -0.05) is 23.2 Å². The van der Waals surface area contributed by atoms with Crippen LogP contribution < -0.4 is 5.32 Å². The van der Waals surface area contributed by atoms with Crippen LogP contribution in [-0.4, -0.2) is 45.3 Å². The van der Waals surface area contributed by atoms with E-state index in [-0.39, 0.29) is 32.9 Å². The zero-order chi connectivity index (χ0) is 24.0. The number of amides is 1. The van der Waals surface area contributed by atoms with Gasteiger partial charge in [0.05, 0.1) is 58.5 Å². The highest BCUT2D eigenvalue weighted by molar-refractivity contribution is 6.32. The van der Waals surface area contributed by atoms with Crippen LogP contribution in [0.1, 0.15) is 16.1 Å². The maximum absolute atomic E-state index is 14.1. The first-order chi connectivity index (χ1) is 16.2. The van der Waals surface area contributed by atoms with E-state index in [1.54, 1.807) is 0 Å². The lowest BCUT2D eigenvalue weighted by Gasteiger charge is -2.14. The molecule has 5 aromatic rings. The fraction of sp³-hybridized carbons (Fsp3) is 0.0526. The summed E-state index contributed by atoms with van der Waals surface area (Å²) in [6.45, 7) is 0. The van der Waals surface area contributed by atoms with E-state index >= 15 is 0 Å². The van der Waals surface area contributed by atoms with Crippen molar-refractivity contribution >= 4 is 40.3 Å². The summed E-state index contributed by atoms with van der Waals surface area (Å²) < 4.78 is 44.1. The molecule has 5 heterocycles. The summed E-state index contributed by atoms with van der Waals surface area (Å²) in [6, 6.07) is 5.53. The minimum absolute atomic E-state index is 0.0362. The largest absolute Gasteiger partial charge is 0.434 e. The van der Waals surface area contributed by atoms with Gasteiger partial charge in [-0.3, -0.25) is 4.79 Å². The molecule has 5 rings (SSSR count). The zero-order valence-electron chi connectivity index (χ0n) is 16.6. The molecule has 0 fully saturated rings. The summed E-state index contributed by atoms with van der Waals surface area (Å²) in [7, 11) is 0. The number of carbonyl (C=O) groups excluding carboxylic acids is 1. The van der Waals surface area contributed by atoms with Crippen molar-refractivity contribution in [3.8, 4) is 11.5 Å². The summed E-state index contributed by atoms with van der Waals surface area (Å²) in [5.41, 5.74) is -1.60. The fourth-order valence-corrected chi connectivity index (χ4v) is 3.73. The Morgan fingerprint density at radius 3 is 2.44 bits per heavy atom. The molecule has 1 amide bonds. The van der Waals surface area contributed by atoms with Gasteiger partial charge in [0.1, 0.15) is 5.15 Å². The van der Waals surface area contributed by atoms with E-state index in [1.807, 2.05) is 0 Å². The number of halogens is 5. The van der Waals surface area contributed by atoms with E-state index in [4.69, 9.17) is 23.2 Å². The topological polar surface area (TPSA) is 108 Å². The van der Waals surface area contributed by atoms with Crippen LogP contribution in [0.4, 0.5) is 18.9 Å². The van der Waals surface area contributed by atoms with Gasteiger partial charge < -0.3 is 5.32 Å². The third-order valence-corrected chi connectivity index (χ3v) is 5.25. The summed E-state index contributed by atoms with van der Waals surface area (Å²) in [5.74, 6) is -0.874. The molecule has 34 heavy (non-hydrogen) atoms. The Bertz CT molecular complexity index is 1530. The molecule has 0 radical (unpaired) electrons. The van der Waals surface area contributed by atoms with Gasteiger partial charge >= 0.3 is 6.18 Å². The highest BCUT2D eigenvalue weighted by atomic mass is 35.5. The lowest BCUT2D eigenvalue weighted by Crippen LogP contribution is -2.21. The standard InChI is InChI=1S/C19H10Cl2F3N9O/c20-12-7-10(8-25-17(12)33-27-5-6-28-33)30-18(34)11-9-29-32(16(11)19(22,23)24)13-1-2-15(21)31-14(13)3-4-26-31/h1-9H,(H,30,34). The molecular formula is C19H10Cl2F3N9O. The Morgan fingerprint density at radius 1 is 0.971 bits per heavy atom. The summed E-state index contributed by atoms with van der Waals surface area (Å²) in [5, 5.41) is 18.2. The van der Waals surface area contributed by atoms with Gasteiger partial charge in [-0.15, -0.1) is 4.80 Å². The number of hydrogen-bond acceptors (Lipinski definition) is 6. The lowest BCUT2D eigenvalue weighted by molar-refractivity contribution is -0.143. The van der Waals surface area contributed by atoms with Crippen LogP contribution in [0.3, 0.4) is 0 Å². The number of hydrogen-bond donors (Lipinski definition) is 1. The van der Waals surface area contributed by atoms with E-state index in [1.165, 1.54) is 53.6 Å². The number of alkyl halides is 3. The minimum atomic E-state index is -4.91. The van der Waals surface area contributed by atoms with Gasteiger partial charge in [0, 0.05) is 0 Å². The number of fused-ring (bicyclic) bond motifs is 1. The van der Waals surface area contributed by atoms with Crippen molar-refractivity contribution in [2.75, 3.05) is 5.32 Å². The molecule has 0 aromatic carbocycles. The average Bonchev–Trinajstić information content (AvgIpc) is 3.54. The molecule has 0 unspecified atom stereocenters. The Hall–Kier alpha value is -3.97. The SMILES string of the molecule is O=C(Nc1cnc(-n2nccn2)c(Cl)c1)c1cnn(-c2ccc(Cl)n3nccc23)c1C(F)(F)F. The van der Waals surface area contributed by atoms with E-state index in [0.29, 0.717) is 4.68 Å². The third-order valence-electron chi connectivity index (χ3n) is 4.68. The van der Waals surface area contributed by atoms with Crippen LogP contribution in [0, 0.1) is 0 Å². The minimum Gasteiger partial charge on any atom is -0.320 e. The number of pyridine rings is 2. The predicted molar refractivity (Wildman–Crippen MR) is 114 cm³/mol. The number of anilines is 1. The number of carbonyl (C=O) groups is 1. The second-order valence-corrected chi connectivity index (χ2v) is 7.58. The maximum Gasteiger partial charge on any atom is 0.434 e. The van der Waals surface area contributed by atoms with Crippen molar-refractivity contribution in [3.63, 3.8) is 0 Å². The number of nitrogens with zero attached hydrogens (tertiary/aromatic N) is 8. The molecule has 1 N–H and O–H groups in total. The van der Waals surface area contributed by atoms with Crippen molar-refractivity contribution in [2.24, 2.45) is 0 Å². The molecule has 0 aliphatic heterocycles. The molecule has 0 aliphatic carbocycles. The first kappa shape index (κ1) is 21.9. The molecule has 0 bridgehead atoms. The van der Waals surface area contributed by atoms with Crippen molar-refractivity contribution < 1.29 is 18.0 Å². The molecule has 0 atom stereocenters. The molecule has 15 heteroatoms. The zero-order valence-corrected chi connectivity index (χ0v) is 18.1. The molecule has 0 spiro atoms. The Kier molecular flexibility index (Phi) is 5.21. The highest BCUT2D eigenvalue weighted by Gasteiger charge is 2.41. The quantitative estimate of drug-likeness (QED) is 0.367. The monoisotopic (exact) mass is 507 g/mol. The Balaban J connectivity index is 1.53. The molecule has 0 saturated carbocycles. The first-order valence-corrected chi connectivity index (χ1v) is 10.1. The maximum atomic E-state index is 14.1. The van der Waals surface area contributed by atoms with Crippen LogP contribution in [0.15, 0.2) is 55.2 Å². The van der Waals surface area contributed by atoms with Gasteiger partial charge in [0.2, 0.25) is 0 Å². The third kappa shape index (κ3) is 3.74. The van der Waals surface area contributed by atoms with E-state index in [2.05, 4.69) is 30.7 Å². The molecular weight excluding hydrogens is 498 g/mol. The summed E-state index contributed by atoms with van der Waals surface area (Å²) >= 11 is 12.2. The van der Waals surface area contributed by atoms with Crippen LogP contribution in [0.5, 0.6) is 0 Å². The number of rotatable bonds is 4. The molecule has 10 nitrogen and oxygen atoms in total. The van der Waals surface area contributed by atoms with Crippen LogP contribution in [0.2, 0.25) is 10.2 Å². The predicted octanol–water partition coefficient (Wildman–Crippen LogP) is 4.07. The molecule has 172 valence electrons. The van der Waals surface area contributed by atoms with Crippen molar-refractivity contribution in [1.29, 1.82) is 0 Å². The fourth-order valence-electron chi connectivity index (χ4n) is 3.29. The normalized spacial score (nSPS) is 11.8. The van der Waals surface area contributed by atoms with Gasteiger partial charge in [0.25, 0.3) is 5.91 Å². The van der Waals surface area contributed by atoms with E-state index in [0.717, 1.165) is 11.0 Å². The van der Waals surface area contributed by atoms with Crippen LogP contribution in [0.25, 0.3) is 17.0 Å². The van der Waals surface area contributed by atoms with Crippen molar-refractivity contribution in [2.45, 2.75) is 6.18 Å². The molecule has 5 aromatic heterocycles.